The number of aromatic amines is 1. The molecule has 0 radical (unpaired) electrons. The Hall–Kier alpha value is -3.74. The van der Waals surface area contributed by atoms with Gasteiger partial charge in [0.15, 0.2) is 17.3 Å². The van der Waals surface area contributed by atoms with Crippen molar-refractivity contribution < 1.29 is 23.8 Å². The van der Waals surface area contributed by atoms with Gasteiger partial charge in [-0.3, -0.25) is 9.59 Å². The van der Waals surface area contributed by atoms with Crippen molar-refractivity contribution in [3.63, 3.8) is 0 Å². The number of amides is 1. The van der Waals surface area contributed by atoms with Crippen LogP contribution in [-0.2, 0) is 6.61 Å². The summed E-state index contributed by atoms with van der Waals surface area (Å²) in [6.45, 7) is 2.00. The normalized spacial score (nSPS) is 11.9. The summed E-state index contributed by atoms with van der Waals surface area (Å²) in [4.78, 5) is 26.5. The van der Waals surface area contributed by atoms with E-state index in [-0.39, 0.29) is 18.5 Å². The smallest absolute Gasteiger partial charge is 0.272 e. The van der Waals surface area contributed by atoms with Gasteiger partial charge in [0.2, 0.25) is 6.79 Å². The molecular weight excluding hydrogens is 360 g/mol. The molecule has 2 N–H and O–H groups in total. The van der Waals surface area contributed by atoms with Gasteiger partial charge in [-0.05, 0) is 42.8 Å². The van der Waals surface area contributed by atoms with Crippen molar-refractivity contribution in [1.82, 2.24) is 4.98 Å². The maximum atomic E-state index is 12.3. The Labute approximate surface area is 161 Å². The van der Waals surface area contributed by atoms with Crippen LogP contribution in [0.2, 0.25) is 0 Å². The molecule has 0 spiro atoms. The molecule has 0 saturated heterocycles. The number of H-pyrrole nitrogens is 1. The van der Waals surface area contributed by atoms with Gasteiger partial charge in [0.1, 0.15) is 18.1 Å². The van der Waals surface area contributed by atoms with Gasteiger partial charge >= 0.3 is 0 Å². The second-order valence-electron chi connectivity index (χ2n) is 6.32. The van der Waals surface area contributed by atoms with Crippen molar-refractivity contribution in [2.75, 3.05) is 12.1 Å². The van der Waals surface area contributed by atoms with Crippen LogP contribution >= 0.6 is 0 Å². The first kappa shape index (κ1) is 17.7. The third-order valence-corrected chi connectivity index (χ3v) is 4.27. The van der Waals surface area contributed by atoms with E-state index in [1.807, 2.05) is 24.3 Å². The van der Waals surface area contributed by atoms with Crippen LogP contribution in [-0.4, -0.2) is 23.5 Å². The van der Waals surface area contributed by atoms with E-state index in [4.69, 9.17) is 14.2 Å². The van der Waals surface area contributed by atoms with Gasteiger partial charge in [-0.2, -0.15) is 0 Å². The molecule has 0 aliphatic carbocycles. The third-order valence-electron chi connectivity index (χ3n) is 4.27. The average molecular weight is 378 g/mol. The largest absolute Gasteiger partial charge is 0.489 e. The molecule has 142 valence electrons. The maximum absolute atomic E-state index is 12.3. The van der Waals surface area contributed by atoms with Crippen LogP contribution in [0.5, 0.6) is 17.2 Å². The standard InChI is InChI=1S/C21H18N2O5/c1-13(24)15-8-18(22-10-15)21(25)23-16-4-2-3-14(7-16)11-26-17-5-6-19-20(9-17)28-12-27-19/h2-10,22H,11-12H2,1H3,(H,23,25). The number of fused-ring (bicyclic) bond motifs is 1. The van der Waals surface area contributed by atoms with Crippen LogP contribution in [0.1, 0.15) is 33.3 Å². The topological polar surface area (TPSA) is 89.7 Å². The first-order valence-electron chi connectivity index (χ1n) is 8.70. The van der Waals surface area contributed by atoms with Gasteiger partial charge in [-0.25, -0.2) is 0 Å². The number of ketones is 1. The number of hydrogen-bond donors (Lipinski definition) is 2. The molecule has 4 rings (SSSR count). The molecule has 2 aromatic carbocycles. The lowest BCUT2D eigenvalue weighted by Gasteiger charge is -2.09. The molecule has 1 amide bonds. The highest BCUT2D eigenvalue weighted by molar-refractivity contribution is 6.05. The van der Waals surface area contributed by atoms with Gasteiger partial charge in [-0.1, -0.05) is 12.1 Å². The van der Waals surface area contributed by atoms with Gasteiger partial charge in [0.05, 0.1) is 0 Å². The average Bonchev–Trinajstić information content (AvgIpc) is 3.36. The second kappa shape index (κ2) is 7.48. The molecule has 1 aliphatic heterocycles. The minimum Gasteiger partial charge on any atom is -0.489 e. The third kappa shape index (κ3) is 3.83. The van der Waals surface area contributed by atoms with E-state index in [9.17, 15) is 9.59 Å². The Bertz CT molecular complexity index is 1040. The van der Waals surface area contributed by atoms with Crippen molar-refractivity contribution in [1.29, 1.82) is 0 Å². The molecule has 3 aromatic rings. The number of aromatic nitrogens is 1. The maximum Gasteiger partial charge on any atom is 0.272 e. The molecule has 7 heteroatoms. The number of rotatable bonds is 6. The number of Topliss-reactive ketones (excluding diaryl/α,β-unsaturated/α-hetero) is 1. The monoisotopic (exact) mass is 378 g/mol. The number of nitrogens with one attached hydrogen (secondary N) is 2. The van der Waals surface area contributed by atoms with E-state index in [0.717, 1.165) is 5.56 Å². The Balaban J connectivity index is 1.39. The minimum absolute atomic E-state index is 0.0991. The lowest BCUT2D eigenvalue weighted by Crippen LogP contribution is -2.12. The zero-order chi connectivity index (χ0) is 19.5. The molecule has 7 nitrogen and oxygen atoms in total. The van der Waals surface area contributed by atoms with Gasteiger partial charge in [0.25, 0.3) is 5.91 Å². The summed E-state index contributed by atoms with van der Waals surface area (Å²) in [5.74, 6) is 1.62. The summed E-state index contributed by atoms with van der Waals surface area (Å²) in [7, 11) is 0. The van der Waals surface area contributed by atoms with Crippen LogP contribution < -0.4 is 19.5 Å². The molecule has 0 atom stereocenters. The predicted molar refractivity (Wildman–Crippen MR) is 102 cm³/mol. The summed E-state index contributed by atoms with van der Waals surface area (Å²) in [5.41, 5.74) is 2.32. The van der Waals surface area contributed by atoms with Crippen molar-refractivity contribution in [2.24, 2.45) is 0 Å². The molecular formula is C21H18N2O5. The Kier molecular flexibility index (Phi) is 4.72. The summed E-state index contributed by atoms with van der Waals surface area (Å²) in [5, 5.41) is 2.81. The summed E-state index contributed by atoms with van der Waals surface area (Å²) in [6, 6.07) is 14.3. The minimum atomic E-state index is -0.318. The predicted octanol–water partition coefficient (Wildman–Crippen LogP) is 3.78. The molecule has 0 saturated carbocycles. The summed E-state index contributed by atoms with van der Waals surface area (Å²) >= 11 is 0. The van der Waals surface area contributed by atoms with E-state index >= 15 is 0 Å². The Morgan fingerprint density at radius 2 is 1.96 bits per heavy atom. The second-order valence-corrected chi connectivity index (χ2v) is 6.32. The SMILES string of the molecule is CC(=O)c1c[nH]c(C(=O)Nc2cccc(COc3ccc4c(c3)OCO4)c2)c1. The van der Waals surface area contributed by atoms with Crippen LogP contribution in [0.3, 0.4) is 0 Å². The Morgan fingerprint density at radius 3 is 2.79 bits per heavy atom. The number of anilines is 1. The van der Waals surface area contributed by atoms with Crippen molar-refractivity contribution in [3.05, 3.63) is 71.5 Å². The van der Waals surface area contributed by atoms with Gasteiger partial charge in [-0.15, -0.1) is 0 Å². The fourth-order valence-electron chi connectivity index (χ4n) is 2.80. The fraction of sp³-hybridized carbons (Fsp3) is 0.143. The molecule has 0 unspecified atom stereocenters. The highest BCUT2D eigenvalue weighted by Crippen LogP contribution is 2.35. The number of ether oxygens (including phenoxy) is 3. The van der Waals surface area contributed by atoms with E-state index < -0.39 is 0 Å². The highest BCUT2D eigenvalue weighted by Gasteiger charge is 2.14. The molecule has 28 heavy (non-hydrogen) atoms. The van der Waals surface area contributed by atoms with Crippen LogP contribution in [0, 0.1) is 0 Å². The fourth-order valence-corrected chi connectivity index (χ4v) is 2.80. The molecule has 0 fully saturated rings. The zero-order valence-electron chi connectivity index (χ0n) is 15.2. The quantitative estimate of drug-likeness (QED) is 0.637. The lowest BCUT2D eigenvalue weighted by atomic mass is 10.2. The zero-order valence-corrected chi connectivity index (χ0v) is 15.2. The van der Waals surface area contributed by atoms with Gasteiger partial charge < -0.3 is 24.5 Å². The van der Waals surface area contributed by atoms with Crippen LogP contribution in [0.15, 0.2) is 54.7 Å². The first-order valence-corrected chi connectivity index (χ1v) is 8.70. The number of benzene rings is 2. The van der Waals surface area contributed by atoms with Crippen LogP contribution in [0.4, 0.5) is 5.69 Å². The number of carbonyl (C=O) groups is 2. The molecule has 1 aliphatic rings. The van der Waals surface area contributed by atoms with E-state index in [2.05, 4.69) is 10.3 Å². The first-order chi connectivity index (χ1) is 13.6. The summed E-state index contributed by atoms with van der Waals surface area (Å²) < 4.78 is 16.4. The van der Waals surface area contributed by atoms with Crippen LogP contribution in [0.25, 0.3) is 0 Å². The lowest BCUT2D eigenvalue weighted by molar-refractivity contribution is 0.101. The summed E-state index contributed by atoms with van der Waals surface area (Å²) in [6.07, 6.45) is 1.52. The van der Waals surface area contributed by atoms with Crippen molar-refractivity contribution in [3.8, 4) is 17.2 Å². The Morgan fingerprint density at radius 1 is 1.11 bits per heavy atom. The van der Waals surface area contributed by atoms with E-state index in [1.54, 1.807) is 18.2 Å². The molecule has 1 aromatic heterocycles. The van der Waals surface area contributed by atoms with E-state index in [0.29, 0.717) is 40.8 Å². The number of hydrogen-bond acceptors (Lipinski definition) is 5. The van der Waals surface area contributed by atoms with Crippen molar-refractivity contribution >= 4 is 17.4 Å². The molecule has 0 bridgehead atoms. The van der Waals surface area contributed by atoms with E-state index in [1.165, 1.54) is 19.2 Å². The molecule has 2 heterocycles. The number of carbonyl (C=O) groups excluding carboxylic acids is 2. The van der Waals surface area contributed by atoms with Crippen molar-refractivity contribution in [2.45, 2.75) is 13.5 Å². The highest BCUT2D eigenvalue weighted by atomic mass is 16.7. The van der Waals surface area contributed by atoms with Gasteiger partial charge in [0, 0.05) is 23.5 Å².